The highest BCUT2D eigenvalue weighted by molar-refractivity contribution is 7.90. The number of aromatic nitrogens is 4. The van der Waals surface area contributed by atoms with E-state index < -0.39 is 22.1 Å². The van der Waals surface area contributed by atoms with Crippen LogP contribution in [0.2, 0.25) is 0 Å². The van der Waals surface area contributed by atoms with Gasteiger partial charge in [-0.1, -0.05) is 0 Å². The van der Waals surface area contributed by atoms with E-state index in [1.165, 1.54) is 36.4 Å². The summed E-state index contributed by atoms with van der Waals surface area (Å²) in [5.41, 5.74) is 0.167. The molecule has 0 aliphatic heterocycles. The van der Waals surface area contributed by atoms with Crippen LogP contribution in [-0.4, -0.2) is 34.5 Å². The zero-order valence-electron chi connectivity index (χ0n) is 11.7. The molecule has 0 bridgehead atoms. The molecule has 0 atom stereocenters. The number of hydrogen-bond donors (Lipinski definition) is 0. The minimum atomic E-state index is -3.30. The largest absolute Gasteiger partial charge is 0.438 e. The zero-order chi connectivity index (χ0) is 16.6. The number of hydrogen-bond acceptors (Lipinski definition) is 6. The first-order valence-electron chi connectivity index (χ1n) is 6.33. The molecule has 3 rings (SSSR count). The van der Waals surface area contributed by atoms with Crippen LogP contribution < -0.4 is 4.74 Å². The van der Waals surface area contributed by atoms with Crippen LogP contribution in [0, 0.1) is 0 Å². The molecule has 7 nitrogen and oxygen atoms in total. The summed E-state index contributed by atoms with van der Waals surface area (Å²) in [7, 11) is -3.30. The average molecular weight is 340 g/mol. The van der Waals surface area contributed by atoms with Gasteiger partial charge in [0.05, 0.1) is 4.90 Å². The van der Waals surface area contributed by atoms with Gasteiger partial charge in [0.2, 0.25) is 11.7 Å². The number of ether oxygens (including phenoxy) is 1. The van der Waals surface area contributed by atoms with Gasteiger partial charge in [-0.25, -0.2) is 17.2 Å². The number of benzene rings is 1. The summed E-state index contributed by atoms with van der Waals surface area (Å²) in [4.78, 5) is 0.145. The number of rotatable bonds is 4. The highest BCUT2D eigenvalue weighted by atomic mass is 32.2. The standard InChI is InChI=1S/C13H10F2N4O3S/c1-23(20,21)9-4-2-8(3-5-9)22-11-7-6-10-16-17-13(12(14)15)19(10)18-11/h2-7,12H,1H3. The Morgan fingerprint density at radius 3 is 2.39 bits per heavy atom. The van der Waals surface area contributed by atoms with Crippen molar-refractivity contribution in [3.05, 3.63) is 42.2 Å². The van der Waals surface area contributed by atoms with Crippen LogP contribution in [0.25, 0.3) is 5.65 Å². The van der Waals surface area contributed by atoms with Gasteiger partial charge in [0.15, 0.2) is 15.5 Å². The van der Waals surface area contributed by atoms with E-state index in [0.717, 1.165) is 10.8 Å². The Bertz CT molecular complexity index is 955. The van der Waals surface area contributed by atoms with Crippen molar-refractivity contribution in [3.63, 3.8) is 0 Å². The minimum absolute atomic E-state index is 0.0475. The van der Waals surface area contributed by atoms with Gasteiger partial charge < -0.3 is 4.74 Å². The smallest absolute Gasteiger partial charge is 0.299 e. The van der Waals surface area contributed by atoms with Crippen LogP contribution in [-0.2, 0) is 9.84 Å². The maximum atomic E-state index is 12.8. The first kappa shape index (κ1) is 15.3. The van der Waals surface area contributed by atoms with E-state index in [4.69, 9.17) is 4.74 Å². The van der Waals surface area contributed by atoms with Gasteiger partial charge in [0.1, 0.15) is 5.75 Å². The van der Waals surface area contributed by atoms with Gasteiger partial charge in [-0.15, -0.1) is 15.3 Å². The quantitative estimate of drug-likeness (QED) is 0.724. The van der Waals surface area contributed by atoms with Crippen LogP contribution in [0.1, 0.15) is 12.2 Å². The summed E-state index contributed by atoms with van der Waals surface area (Å²) in [5, 5.41) is 10.8. The lowest BCUT2D eigenvalue weighted by Crippen LogP contribution is -2.01. The van der Waals surface area contributed by atoms with Crippen molar-refractivity contribution in [1.82, 2.24) is 19.8 Å². The number of fused-ring (bicyclic) bond motifs is 1. The SMILES string of the molecule is CS(=O)(=O)c1ccc(Oc2ccc3nnc(C(F)F)n3n2)cc1. The Hall–Kier alpha value is -2.62. The molecule has 0 fully saturated rings. The van der Waals surface area contributed by atoms with E-state index in [9.17, 15) is 17.2 Å². The molecule has 0 saturated heterocycles. The van der Waals surface area contributed by atoms with Crippen LogP contribution in [0.3, 0.4) is 0 Å². The van der Waals surface area contributed by atoms with Crippen LogP contribution in [0.15, 0.2) is 41.3 Å². The molecule has 0 N–H and O–H groups in total. The third-order valence-electron chi connectivity index (χ3n) is 2.93. The lowest BCUT2D eigenvalue weighted by Gasteiger charge is -2.06. The van der Waals surface area contributed by atoms with Crippen molar-refractivity contribution in [1.29, 1.82) is 0 Å². The number of sulfone groups is 1. The first-order chi connectivity index (χ1) is 10.8. The van der Waals surface area contributed by atoms with Gasteiger partial charge in [-0.05, 0) is 30.3 Å². The predicted molar refractivity (Wildman–Crippen MR) is 75.4 cm³/mol. The average Bonchev–Trinajstić information content (AvgIpc) is 2.90. The summed E-state index contributed by atoms with van der Waals surface area (Å²) in [6, 6.07) is 8.54. The molecule has 0 unspecified atom stereocenters. The summed E-state index contributed by atoms with van der Waals surface area (Å²) in [6.45, 7) is 0. The number of nitrogens with zero attached hydrogens (tertiary/aromatic N) is 4. The Kier molecular flexibility index (Phi) is 3.68. The summed E-state index contributed by atoms with van der Waals surface area (Å²) >= 11 is 0. The van der Waals surface area contributed by atoms with Crippen LogP contribution in [0.4, 0.5) is 8.78 Å². The molecule has 2 aromatic heterocycles. The maximum absolute atomic E-state index is 12.8. The monoisotopic (exact) mass is 340 g/mol. The molecular weight excluding hydrogens is 330 g/mol. The molecule has 2 heterocycles. The molecule has 0 saturated carbocycles. The summed E-state index contributed by atoms with van der Waals surface area (Å²) in [5.74, 6) is -0.222. The van der Waals surface area contributed by atoms with Crippen LogP contribution in [0.5, 0.6) is 11.6 Å². The Morgan fingerprint density at radius 2 is 1.78 bits per heavy atom. The molecule has 3 aromatic rings. The van der Waals surface area contributed by atoms with Crippen molar-refractivity contribution in [3.8, 4) is 11.6 Å². The molecule has 23 heavy (non-hydrogen) atoms. The fraction of sp³-hybridized carbons (Fsp3) is 0.154. The van der Waals surface area contributed by atoms with E-state index in [1.54, 1.807) is 0 Å². The van der Waals surface area contributed by atoms with Crippen molar-refractivity contribution >= 4 is 15.5 Å². The van der Waals surface area contributed by atoms with E-state index in [2.05, 4.69) is 15.3 Å². The Morgan fingerprint density at radius 1 is 1.09 bits per heavy atom. The third-order valence-corrected chi connectivity index (χ3v) is 4.06. The molecule has 10 heteroatoms. The lowest BCUT2D eigenvalue weighted by molar-refractivity contribution is 0.137. The van der Waals surface area contributed by atoms with E-state index in [-0.39, 0.29) is 16.4 Å². The molecule has 0 radical (unpaired) electrons. The van der Waals surface area contributed by atoms with E-state index in [0.29, 0.717) is 5.75 Å². The molecule has 0 aliphatic carbocycles. The Labute approximate surface area is 129 Å². The van der Waals surface area contributed by atoms with Gasteiger partial charge in [-0.2, -0.15) is 4.52 Å². The molecule has 0 aliphatic rings. The van der Waals surface area contributed by atoms with Gasteiger partial charge in [0.25, 0.3) is 6.43 Å². The van der Waals surface area contributed by atoms with Gasteiger partial charge >= 0.3 is 0 Å². The second-order valence-corrected chi connectivity index (χ2v) is 6.66. The van der Waals surface area contributed by atoms with Crippen molar-refractivity contribution in [2.24, 2.45) is 0 Å². The van der Waals surface area contributed by atoms with Crippen molar-refractivity contribution in [2.75, 3.05) is 6.26 Å². The highest BCUT2D eigenvalue weighted by Gasteiger charge is 2.17. The number of halogens is 2. The first-order valence-corrected chi connectivity index (χ1v) is 8.22. The summed E-state index contributed by atoms with van der Waals surface area (Å²) < 4.78 is 54.7. The second-order valence-electron chi connectivity index (χ2n) is 4.65. The summed E-state index contributed by atoms with van der Waals surface area (Å²) in [6.07, 6.45) is -1.72. The lowest BCUT2D eigenvalue weighted by atomic mass is 10.3. The maximum Gasteiger partial charge on any atom is 0.299 e. The van der Waals surface area contributed by atoms with Gasteiger partial charge in [-0.3, -0.25) is 0 Å². The topological polar surface area (TPSA) is 86.5 Å². The van der Waals surface area contributed by atoms with E-state index >= 15 is 0 Å². The predicted octanol–water partition coefficient (Wildman–Crippen LogP) is 2.26. The minimum Gasteiger partial charge on any atom is -0.438 e. The van der Waals surface area contributed by atoms with Crippen molar-refractivity contribution < 1.29 is 21.9 Å². The zero-order valence-corrected chi connectivity index (χ0v) is 12.5. The molecule has 0 spiro atoms. The van der Waals surface area contributed by atoms with Crippen LogP contribution >= 0.6 is 0 Å². The van der Waals surface area contributed by atoms with Crippen molar-refractivity contribution in [2.45, 2.75) is 11.3 Å². The molecule has 1 aromatic carbocycles. The van der Waals surface area contributed by atoms with E-state index in [1.807, 2.05) is 0 Å². The number of alkyl halides is 2. The molecular formula is C13H10F2N4O3S. The second kappa shape index (κ2) is 5.54. The molecule has 120 valence electrons. The fourth-order valence-corrected chi connectivity index (χ4v) is 2.49. The normalized spacial score (nSPS) is 12.0. The third kappa shape index (κ3) is 3.11. The fourth-order valence-electron chi connectivity index (χ4n) is 1.85. The van der Waals surface area contributed by atoms with Gasteiger partial charge in [0, 0.05) is 12.3 Å². The molecule has 0 amide bonds. The highest BCUT2D eigenvalue weighted by Crippen LogP contribution is 2.23. The Balaban J connectivity index is 1.90.